The Bertz CT molecular complexity index is 1270. The van der Waals surface area contributed by atoms with Gasteiger partial charge in [-0.3, -0.25) is 19.5 Å². The first kappa shape index (κ1) is 20.8. The molecule has 1 atom stereocenters. The highest BCUT2D eigenvalue weighted by Crippen LogP contribution is 2.28. The Morgan fingerprint density at radius 1 is 1.10 bits per heavy atom. The highest BCUT2D eigenvalue weighted by atomic mass is 32.2. The van der Waals surface area contributed by atoms with E-state index >= 15 is 0 Å². The minimum atomic E-state index is -4.06. The summed E-state index contributed by atoms with van der Waals surface area (Å²) in [4.78, 5) is 33.4. The first-order valence-electron chi connectivity index (χ1n) is 9.42. The molecule has 31 heavy (non-hydrogen) atoms. The van der Waals surface area contributed by atoms with Crippen molar-refractivity contribution in [3.05, 3.63) is 59.7 Å². The minimum Gasteiger partial charge on any atom is -0.337 e. The van der Waals surface area contributed by atoms with Gasteiger partial charge in [0, 0.05) is 25.0 Å². The lowest BCUT2D eigenvalue weighted by Crippen LogP contribution is -2.32. The number of aromatic nitrogens is 3. The van der Waals surface area contributed by atoms with E-state index < -0.39 is 27.9 Å². The van der Waals surface area contributed by atoms with Crippen LogP contribution in [0.2, 0.25) is 0 Å². The molecule has 1 aliphatic heterocycles. The van der Waals surface area contributed by atoms with Gasteiger partial charge in [0.25, 0.3) is 11.8 Å². The summed E-state index contributed by atoms with van der Waals surface area (Å²) in [5, 5.41) is 3.92. The fourth-order valence-corrected chi connectivity index (χ4v) is 4.55. The van der Waals surface area contributed by atoms with Gasteiger partial charge in [-0.2, -0.15) is 9.71 Å². The van der Waals surface area contributed by atoms with Crippen molar-refractivity contribution in [3.63, 3.8) is 0 Å². The average molecular weight is 441 g/mol. The third kappa shape index (κ3) is 3.73. The monoisotopic (exact) mass is 441 g/mol. The number of pyridine rings is 1. The number of rotatable bonds is 6. The molecular weight excluding hydrogens is 422 g/mol. The molecule has 1 unspecified atom stereocenters. The topological polar surface area (TPSA) is 135 Å². The summed E-state index contributed by atoms with van der Waals surface area (Å²) < 4.78 is 34.0. The summed E-state index contributed by atoms with van der Waals surface area (Å²) in [6.45, 7) is 3.61. The number of nitrogens with one attached hydrogen (secondary N) is 1. The van der Waals surface area contributed by atoms with Gasteiger partial charge in [0.05, 0.1) is 16.0 Å². The summed E-state index contributed by atoms with van der Waals surface area (Å²) in [7, 11) is -2.71. The lowest BCUT2D eigenvalue weighted by molar-refractivity contribution is 0.0693. The number of fused-ring (bicyclic) bond motifs is 1. The lowest BCUT2D eigenvalue weighted by atomic mass is 10.1. The number of carbonyl (C=O) groups excluding carboxylic acids is 2. The number of carbonyl (C=O) groups is 2. The molecule has 2 amide bonds. The Morgan fingerprint density at radius 3 is 2.52 bits per heavy atom. The number of sulfonamides is 1. The minimum absolute atomic E-state index is 0.0492. The van der Waals surface area contributed by atoms with Crippen LogP contribution in [-0.2, 0) is 10.0 Å². The molecule has 0 fully saturated rings. The van der Waals surface area contributed by atoms with Crippen LogP contribution in [0, 0.1) is 5.92 Å². The molecule has 4 rings (SSSR count). The van der Waals surface area contributed by atoms with E-state index in [9.17, 15) is 18.0 Å². The van der Waals surface area contributed by atoms with Crippen molar-refractivity contribution in [2.24, 2.45) is 5.92 Å². The molecule has 0 spiro atoms. The lowest BCUT2D eigenvalue weighted by Gasteiger charge is -2.18. The Balaban J connectivity index is 1.64. The second-order valence-electron chi connectivity index (χ2n) is 7.42. The standard InChI is InChI=1S/C20H19N5O5S/c1-11(2)16(18-22-17(23-30-18)12-5-4-8-21-10-12)24-31(28,29)13-6-7-14-15(9-13)20(27)25(3)19(14)26/h4-11,16,24H,1-3H3. The summed E-state index contributed by atoms with van der Waals surface area (Å²) in [5.74, 6) is -0.843. The van der Waals surface area contributed by atoms with E-state index in [1.165, 1.54) is 25.2 Å². The SMILES string of the molecule is CC(C)C(NS(=O)(=O)c1ccc2c(c1)C(=O)N(C)C2=O)c1nc(-c2cccnc2)no1. The summed E-state index contributed by atoms with van der Waals surface area (Å²) in [6, 6.07) is 6.51. The van der Waals surface area contributed by atoms with Crippen molar-refractivity contribution >= 4 is 21.8 Å². The summed E-state index contributed by atoms with van der Waals surface area (Å²) >= 11 is 0. The Labute approximate surface area is 178 Å². The fourth-order valence-electron chi connectivity index (χ4n) is 3.19. The molecule has 10 nitrogen and oxygen atoms in total. The number of benzene rings is 1. The van der Waals surface area contributed by atoms with E-state index in [1.807, 2.05) is 0 Å². The van der Waals surface area contributed by atoms with Crippen molar-refractivity contribution in [3.8, 4) is 11.4 Å². The highest BCUT2D eigenvalue weighted by molar-refractivity contribution is 7.89. The van der Waals surface area contributed by atoms with E-state index in [4.69, 9.17) is 4.52 Å². The molecule has 1 aliphatic rings. The van der Waals surface area contributed by atoms with Crippen molar-refractivity contribution in [2.75, 3.05) is 7.05 Å². The Hall–Kier alpha value is -3.44. The predicted octanol–water partition coefficient (Wildman–Crippen LogP) is 2.03. The van der Waals surface area contributed by atoms with E-state index in [0.29, 0.717) is 5.56 Å². The molecule has 11 heteroatoms. The molecule has 3 aromatic rings. The van der Waals surface area contributed by atoms with E-state index in [1.54, 1.807) is 38.4 Å². The van der Waals surface area contributed by atoms with E-state index in [2.05, 4.69) is 19.8 Å². The first-order chi connectivity index (χ1) is 14.7. The predicted molar refractivity (Wildman–Crippen MR) is 108 cm³/mol. The van der Waals surface area contributed by atoms with Crippen LogP contribution in [0.25, 0.3) is 11.4 Å². The van der Waals surface area contributed by atoms with Crippen LogP contribution in [0.3, 0.4) is 0 Å². The van der Waals surface area contributed by atoms with Crippen LogP contribution in [0.15, 0.2) is 52.1 Å². The van der Waals surface area contributed by atoms with Gasteiger partial charge in [-0.15, -0.1) is 0 Å². The van der Waals surface area contributed by atoms with Crippen LogP contribution in [0.5, 0.6) is 0 Å². The molecule has 1 aromatic carbocycles. The zero-order chi connectivity index (χ0) is 22.3. The van der Waals surface area contributed by atoms with Crippen molar-refractivity contribution < 1.29 is 22.5 Å². The summed E-state index contributed by atoms with van der Waals surface area (Å²) in [6.07, 6.45) is 3.19. The van der Waals surface area contributed by atoms with Crippen LogP contribution in [0.1, 0.15) is 46.5 Å². The van der Waals surface area contributed by atoms with Crippen LogP contribution in [-0.4, -0.2) is 47.3 Å². The molecule has 160 valence electrons. The second-order valence-corrected chi connectivity index (χ2v) is 9.13. The van der Waals surface area contributed by atoms with Gasteiger partial charge in [0.1, 0.15) is 6.04 Å². The molecule has 0 radical (unpaired) electrons. The normalized spacial score (nSPS) is 14.9. The molecule has 1 N–H and O–H groups in total. The van der Waals surface area contributed by atoms with Crippen molar-refractivity contribution in [1.29, 1.82) is 0 Å². The molecule has 0 aliphatic carbocycles. The maximum absolute atomic E-state index is 13.0. The largest absolute Gasteiger partial charge is 0.337 e. The molecule has 0 saturated carbocycles. The number of imide groups is 1. The number of hydrogen-bond donors (Lipinski definition) is 1. The van der Waals surface area contributed by atoms with Gasteiger partial charge < -0.3 is 4.52 Å². The van der Waals surface area contributed by atoms with Crippen LogP contribution < -0.4 is 4.72 Å². The number of hydrogen-bond acceptors (Lipinski definition) is 8. The van der Waals surface area contributed by atoms with Gasteiger partial charge in [-0.1, -0.05) is 19.0 Å². The van der Waals surface area contributed by atoms with E-state index in [-0.39, 0.29) is 33.7 Å². The molecule has 3 heterocycles. The van der Waals surface area contributed by atoms with Gasteiger partial charge in [0.15, 0.2) is 0 Å². The van der Waals surface area contributed by atoms with Crippen LogP contribution in [0.4, 0.5) is 0 Å². The third-order valence-corrected chi connectivity index (χ3v) is 6.39. The first-order valence-corrected chi connectivity index (χ1v) is 10.9. The number of amides is 2. The fraction of sp³-hybridized carbons (Fsp3) is 0.250. The zero-order valence-corrected chi connectivity index (χ0v) is 17.8. The average Bonchev–Trinajstić information content (AvgIpc) is 3.33. The van der Waals surface area contributed by atoms with Gasteiger partial charge in [-0.25, -0.2) is 8.42 Å². The van der Waals surface area contributed by atoms with Crippen molar-refractivity contribution in [1.82, 2.24) is 24.7 Å². The van der Waals surface area contributed by atoms with E-state index in [0.717, 1.165) is 4.90 Å². The van der Waals surface area contributed by atoms with Gasteiger partial charge in [0.2, 0.25) is 21.7 Å². The summed E-state index contributed by atoms with van der Waals surface area (Å²) in [5.41, 5.74) is 0.854. The smallest absolute Gasteiger partial charge is 0.261 e. The molecular formula is C20H19N5O5S. The quantitative estimate of drug-likeness (QED) is 0.574. The van der Waals surface area contributed by atoms with Gasteiger partial charge in [-0.05, 0) is 36.2 Å². The zero-order valence-electron chi connectivity index (χ0n) is 16.9. The molecule has 0 saturated heterocycles. The number of nitrogens with zero attached hydrogens (tertiary/aromatic N) is 4. The van der Waals surface area contributed by atoms with Crippen molar-refractivity contribution in [2.45, 2.75) is 24.8 Å². The Kier molecular flexibility index (Phi) is 5.15. The van der Waals surface area contributed by atoms with Gasteiger partial charge >= 0.3 is 0 Å². The highest BCUT2D eigenvalue weighted by Gasteiger charge is 2.35. The second kappa shape index (κ2) is 7.67. The maximum atomic E-state index is 13.0. The molecule has 0 bridgehead atoms. The molecule has 2 aromatic heterocycles. The third-order valence-electron chi connectivity index (χ3n) is 4.95. The maximum Gasteiger partial charge on any atom is 0.261 e. The van der Waals surface area contributed by atoms with Crippen LogP contribution >= 0.6 is 0 Å². The Morgan fingerprint density at radius 2 is 1.84 bits per heavy atom.